The molecule has 1 aromatic rings. The van der Waals surface area contributed by atoms with Gasteiger partial charge >= 0.3 is 5.96 Å². The maximum atomic E-state index is 6.22. The minimum Gasteiger partial charge on any atom is -1.00 e. The molecule has 5 heteroatoms. The van der Waals surface area contributed by atoms with Gasteiger partial charge in [-0.25, -0.2) is 5.01 Å². The summed E-state index contributed by atoms with van der Waals surface area (Å²) in [5.41, 5.74) is 7.30. The molecule has 108 valence electrons. The number of rotatable bonds is 4. The molecule has 2 N–H and O–H groups in total. The molecule has 1 atom stereocenters. The van der Waals surface area contributed by atoms with E-state index in [1.807, 2.05) is 47.1 Å². The van der Waals surface area contributed by atoms with Crippen molar-refractivity contribution >= 4 is 11.6 Å². The van der Waals surface area contributed by atoms with Crippen molar-refractivity contribution in [2.45, 2.75) is 13.0 Å². The summed E-state index contributed by atoms with van der Waals surface area (Å²) < 4.78 is 1.96. The first kappa shape index (κ1) is 16.6. The van der Waals surface area contributed by atoms with Crippen LogP contribution in [0.4, 0.5) is 5.69 Å². The van der Waals surface area contributed by atoms with Gasteiger partial charge in [-0.1, -0.05) is 24.3 Å². The number of guanidine groups is 1. The Morgan fingerprint density at radius 2 is 2.05 bits per heavy atom. The highest BCUT2D eigenvalue weighted by Gasteiger charge is 2.26. The van der Waals surface area contributed by atoms with Crippen molar-refractivity contribution < 1.29 is 28.7 Å². The maximum Gasteiger partial charge on any atom is 0.373 e. The number of nitrogens with zero attached hydrogens (tertiary/aromatic N) is 3. The number of halogens is 1. The van der Waals surface area contributed by atoms with E-state index in [9.17, 15) is 0 Å². The number of anilines is 1. The molecule has 0 amide bonds. The van der Waals surface area contributed by atoms with Crippen LogP contribution in [-0.2, 0) is 0 Å². The monoisotopic (exact) mass is 384 g/mol. The zero-order valence-corrected chi connectivity index (χ0v) is 14.1. The molecular weight excluding hydrogens is 363 g/mol. The van der Waals surface area contributed by atoms with Crippen molar-refractivity contribution in [2.75, 3.05) is 18.6 Å². The van der Waals surface area contributed by atoms with Gasteiger partial charge in [0.05, 0.1) is 31.5 Å². The molecule has 0 saturated carbocycles. The number of hydrazone groups is 1. The van der Waals surface area contributed by atoms with Crippen LogP contribution in [0.5, 0.6) is 0 Å². The van der Waals surface area contributed by atoms with Gasteiger partial charge in [0, 0.05) is 0 Å². The van der Waals surface area contributed by atoms with Gasteiger partial charge in [0.1, 0.15) is 0 Å². The summed E-state index contributed by atoms with van der Waals surface area (Å²) in [7, 11) is 1.99. The fraction of sp³-hybridized carbons (Fsp3) is 0.267. The summed E-state index contributed by atoms with van der Waals surface area (Å²) in [6.45, 7) is 6.63. The molecule has 0 bridgehead atoms. The van der Waals surface area contributed by atoms with Crippen LogP contribution in [0, 0.1) is 0 Å². The van der Waals surface area contributed by atoms with E-state index in [2.05, 4.69) is 36.7 Å². The van der Waals surface area contributed by atoms with Gasteiger partial charge in [0.15, 0.2) is 0 Å². The van der Waals surface area contributed by atoms with E-state index in [0.29, 0.717) is 18.5 Å². The Kier molecular flexibility index (Phi) is 6.06. The first-order chi connectivity index (χ1) is 9.15. The zero-order chi connectivity index (χ0) is 13.8. The van der Waals surface area contributed by atoms with Crippen LogP contribution in [0.3, 0.4) is 0 Å². The lowest BCUT2D eigenvalue weighted by atomic mass is 10.2. The minimum absolute atomic E-state index is 0. The topological polar surface area (TPSA) is 35.5 Å². The SMILES string of the molecule is C=CCN(c1ccccc1)[N+]1=C(N)N(C)C(C)C=C1.[I-]. The molecule has 0 aromatic heterocycles. The van der Waals surface area contributed by atoms with E-state index in [1.54, 1.807) is 0 Å². The third-order valence-corrected chi connectivity index (χ3v) is 3.33. The largest absolute Gasteiger partial charge is 1.00 e. The molecular formula is C15H21IN4. The second-order valence-corrected chi connectivity index (χ2v) is 4.60. The number of hydrogen-bond acceptors (Lipinski definition) is 3. The van der Waals surface area contributed by atoms with Crippen LogP contribution < -0.4 is 34.7 Å². The quantitative estimate of drug-likeness (QED) is 0.402. The predicted octanol–water partition coefficient (Wildman–Crippen LogP) is -1.23. The van der Waals surface area contributed by atoms with Gasteiger partial charge in [-0.2, -0.15) is 0 Å². The zero-order valence-electron chi connectivity index (χ0n) is 11.9. The summed E-state index contributed by atoms with van der Waals surface area (Å²) in [4.78, 5) is 2.04. The molecule has 1 unspecified atom stereocenters. The Hall–Kier alpha value is -1.50. The van der Waals surface area contributed by atoms with Crippen LogP contribution in [0.25, 0.3) is 0 Å². The molecule has 0 fully saturated rings. The normalized spacial score (nSPS) is 17.7. The smallest absolute Gasteiger partial charge is 0.373 e. The fourth-order valence-electron chi connectivity index (χ4n) is 2.03. The Morgan fingerprint density at radius 3 is 2.65 bits per heavy atom. The van der Waals surface area contributed by atoms with Crippen LogP contribution in [0.1, 0.15) is 6.92 Å². The van der Waals surface area contributed by atoms with E-state index < -0.39 is 0 Å². The minimum atomic E-state index is 0. The number of benzene rings is 1. The molecule has 0 aliphatic carbocycles. The van der Waals surface area contributed by atoms with Crippen LogP contribution in [0.15, 0.2) is 55.3 Å². The highest BCUT2D eigenvalue weighted by Crippen LogP contribution is 2.16. The Balaban J connectivity index is 0.00000200. The van der Waals surface area contributed by atoms with Gasteiger partial charge in [-0.3, -0.25) is 10.6 Å². The van der Waals surface area contributed by atoms with Gasteiger partial charge in [0.2, 0.25) is 0 Å². The standard InChI is InChI=1S/C15H20N4.HI/c1-4-11-18(14-8-6-5-7-9-14)19-12-10-13(2)17(3)15(19)16;/h4-10,12-13,16H,1,11H2,2-3H3;1H. The molecule has 2 rings (SSSR count). The van der Waals surface area contributed by atoms with E-state index in [0.717, 1.165) is 5.69 Å². The predicted molar refractivity (Wildman–Crippen MR) is 79.8 cm³/mol. The van der Waals surface area contributed by atoms with Crippen LogP contribution in [0.2, 0.25) is 0 Å². The number of nitrogens with two attached hydrogens (primary N) is 1. The highest BCUT2D eigenvalue weighted by molar-refractivity contribution is 5.74. The van der Waals surface area contributed by atoms with E-state index in [-0.39, 0.29) is 24.0 Å². The second-order valence-electron chi connectivity index (χ2n) is 4.60. The third kappa shape index (κ3) is 3.33. The lowest BCUT2D eigenvalue weighted by molar-refractivity contribution is -0.480. The van der Waals surface area contributed by atoms with E-state index >= 15 is 0 Å². The molecule has 1 aliphatic rings. The van der Waals surface area contributed by atoms with Crippen molar-refractivity contribution in [1.29, 1.82) is 0 Å². The summed E-state index contributed by atoms with van der Waals surface area (Å²) in [5.74, 6) is 0.709. The van der Waals surface area contributed by atoms with Crippen molar-refractivity contribution in [2.24, 2.45) is 5.73 Å². The lowest BCUT2D eigenvalue weighted by Gasteiger charge is -2.30. The maximum absolute atomic E-state index is 6.22. The van der Waals surface area contributed by atoms with Gasteiger partial charge in [-0.15, -0.1) is 11.3 Å². The Morgan fingerprint density at radius 1 is 1.40 bits per heavy atom. The molecule has 1 heterocycles. The molecule has 0 radical (unpaired) electrons. The van der Waals surface area contributed by atoms with Gasteiger partial charge in [-0.05, 0) is 25.1 Å². The van der Waals surface area contributed by atoms with Crippen molar-refractivity contribution in [3.8, 4) is 0 Å². The number of likely N-dealkylation sites (N-methyl/N-ethyl adjacent to an activating group) is 1. The lowest BCUT2D eigenvalue weighted by Crippen LogP contribution is -3.00. The second kappa shape index (κ2) is 7.33. The molecule has 1 aliphatic heterocycles. The van der Waals surface area contributed by atoms with Crippen LogP contribution >= 0.6 is 0 Å². The number of para-hydroxylation sites is 1. The summed E-state index contributed by atoms with van der Waals surface area (Å²) >= 11 is 0. The average Bonchev–Trinajstić information content (AvgIpc) is 2.44. The summed E-state index contributed by atoms with van der Waals surface area (Å²) in [5, 5.41) is 2.08. The van der Waals surface area contributed by atoms with Crippen molar-refractivity contribution in [3.05, 3.63) is 55.3 Å². The molecule has 0 saturated heterocycles. The summed E-state index contributed by atoms with van der Waals surface area (Å²) in [6.07, 6.45) is 6.00. The van der Waals surface area contributed by atoms with Crippen molar-refractivity contribution in [3.63, 3.8) is 0 Å². The Bertz CT molecular complexity index is 510. The summed E-state index contributed by atoms with van der Waals surface area (Å²) in [6, 6.07) is 10.5. The molecule has 1 aromatic carbocycles. The third-order valence-electron chi connectivity index (χ3n) is 3.33. The highest BCUT2D eigenvalue weighted by atomic mass is 127. The number of hydrogen-bond donors (Lipinski definition) is 1. The first-order valence-electron chi connectivity index (χ1n) is 6.41. The molecule has 4 nitrogen and oxygen atoms in total. The van der Waals surface area contributed by atoms with Crippen LogP contribution in [-0.4, -0.2) is 35.2 Å². The van der Waals surface area contributed by atoms with Gasteiger partial charge < -0.3 is 24.0 Å². The molecule has 0 spiro atoms. The first-order valence-corrected chi connectivity index (χ1v) is 6.41. The number of hydrazine groups is 1. The van der Waals surface area contributed by atoms with E-state index in [4.69, 9.17) is 5.73 Å². The van der Waals surface area contributed by atoms with Crippen molar-refractivity contribution in [1.82, 2.24) is 4.90 Å². The van der Waals surface area contributed by atoms with Gasteiger partial charge in [0.25, 0.3) is 0 Å². The van der Waals surface area contributed by atoms with E-state index in [1.165, 1.54) is 0 Å². The molecule has 20 heavy (non-hydrogen) atoms. The average molecular weight is 384 g/mol. The Labute approximate surface area is 137 Å². The fourth-order valence-corrected chi connectivity index (χ4v) is 2.03.